The van der Waals surface area contributed by atoms with E-state index in [2.05, 4.69) is 10.2 Å². The number of carbonyl (C=O) groups is 1. The molecule has 1 heterocycles. The fourth-order valence-corrected chi connectivity index (χ4v) is 3.30. The Morgan fingerprint density at radius 3 is 2.13 bits per heavy atom. The van der Waals surface area contributed by atoms with E-state index in [1.807, 2.05) is 60.7 Å². The van der Waals surface area contributed by atoms with Gasteiger partial charge in [0.1, 0.15) is 5.54 Å². The molecular formula is C19H22N2O2. The minimum atomic E-state index is -0.859. The Balaban J connectivity index is 2.01. The van der Waals surface area contributed by atoms with Crippen LogP contribution in [0.15, 0.2) is 60.7 Å². The van der Waals surface area contributed by atoms with Crippen molar-refractivity contribution in [1.82, 2.24) is 5.32 Å². The Bertz CT molecular complexity index is 637. The van der Waals surface area contributed by atoms with Gasteiger partial charge in [-0.2, -0.15) is 0 Å². The van der Waals surface area contributed by atoms with Crippen molar-refractivity contribution in [3.63, 3.8) is 0 Å². The van der Waals surface area contributed by atoms with E-state index in [4.69, 9.17) is 0 Å². The number of nitrogens with zero attached hydrogens (tertiary/aromatic N) is 1. The molecule has 1 aliphatic heterocycles. The monoisotopic (exact) mass is 310 g/mol. The van der Waals surface area contributed by atoms with Crippen LogP contribution in [0.2, 0.25) is 0 Å². The van der Waals surface area contributed by atoms with Crippen LogP contribution >= 0.6 is 0 Å². The molecule has 0 unspecified atom stereocenters. The van der Waals surface area contributed by atoms with Crippen LogP contribution in [-0.2, 0) is 11.3 Å². The van der Waals surface area contributed by atoms with E-state index in [0.29, 0.717) is 19.4 Å². The molecule has 3 rings (SSSR count). The lowest BCUT2D eigenvalue weighted by atomic mass is 9.85. The van der Waals surface area contributed by atoms with Gasteiger partial charge in [0, 0.05) is 12.2 Å². The highest BCUT2D eigenvalue weighted by molar-refractivity contribution is 5.84. The standard InChI is InChI=1S/C19H22N2O2/c22-18(23)19(11-13-20-14-12-19)21(17-9-5-2-6-10-17)15-16-7-3-1-4-8-16/h1-10,20H,11-15H2,(H,22,23). The first-order valence-electron chi connectivity index (χ1n) is 8.03. The van der Waals surface area contributed by atoms with Crippen LogP contribution in [0.4, 0.5) is 5.69 Å². The van der Waals surface area contributed by atoms with Gasteiger partial charge in [-0.1, -0.05) is 48.5 Å². The number of aliphatic carboxylic acids is 1. The lowest BCUT2D eigenvalue weighted by molar-refractivity contribution is -0.144. The van der Waals surface area contributed by atoms with Crippen molar-refractivity contribution in [1.29, 1.82) is 0 Å². The molecule has 1 fully saturated rings. The van der Waals surface area contributed by atoms with Crippen molar-refractivity contribution in [2.45, 2.75) is 24.9 Å². The minimum absolute atomic E-state index is 0.594. The van der Waals surface area contributed by atoms with Gasteiger partial charge in [0.2, 0.25) is 0 Å². The number of nitrogens with one attached hydrogen (secondary N) is 1. The predicted molar refractivity (Wildman–Crippen MR) is 91.5 cm³/mol. The number of anilines is 1. The quantitative estimate of drug-likeness (QED) is 0.891. The van der Waals surface area contributed by atoms with Crippen LogP contribution in [0.3, 0.4) is 0 Å². The van der Waals surface area contributed by atoms with Gasteiger partial charge < -0.3 is 15.3 Å². The molecule has 23 heavy (non-hydrogen) atoms. The fourth-order valence-electron chi connectivity index (χ4n) is 3.30. The summed E-state index contributed by atoms with van der Waals surface area (Å²) in [5, 5.41) is 13.3. The van der Waals surface area contributed by atoms with Crippen LogP contribution in [0.1, 0.15) is 18.4 Å². The summed E-state index contributed by atoms with van der Waals surface area (Å²) in [5.74, 6) is -0.737. The van der Waals surface area contributed by atoms with Gasteiger partial charge in [0.15, 0.2) is 0 Å². The smallest absolute Gasteiger partial charge is 0.329 e. The van der Waals surface area contributed by atoms with Crippen molar-refractivity contribution in [2.24, 2.45) is 0 Å². The molecule has 4 heteroatoms. The maximum atomic E-state index is 12.2. The summed E-state index contributed by atoms with van der Waals surface area (Å²) in [6.45, 7) is 2.05. The highest BCUT2D eigenvalue weighted by Crippen LogP contribution is 2.33. The summed E-state index contributed by atoms with van der Waals surface area (Å²) in [7, 11) is 0. The molecule has 0 saturated carbocycles. The lowest BCUT2D eigenvalue weighted by Gasteiger charge is -2.45. The normalized spacial score (nSPS) is 16.7. The maximum absolute atomic E-state index is 12.2. The number of rotatable bonds is 5. The summed E-state index contributed by atoms with van der Waals surface area (Å²) in [5.41, 5.74) is 1.22. The second-order valence-corrected chi connectivity index (χ2v) is 5.99. The molecule has 0 spiro atoms. The van der Waals surface area contributed by atoms with Gasteiger partial charge >= 0.3 is 5.97 Å². The highest BCUT2D eigenvalue weighted by Gasteiger charge is 2.45. The van der Waals surface area contributed by atoms with E-state index in [-0.39, 0.29) is 0 Å². The van der Waals surface area contributed by atoms with E-state index in [1.165, 1.54) is 0 Å². The van der Waals surface area contributed by atoms with Gasteiger partial charge in [-0.3, -0.25) is 0 Å². The second kappa shape index (κ2) is 6.84. The Labute approximate surface area is 136 Å². The molecule has 0 radical (unpaired) electrons. The predicted octanol–water partition coefficient (Wildman–Crippen LogP) is 2.90. The Hall–Kier alpha value is -2.33. The molecule has 1 saturated heterocycles. The van der Waals surface area contributed by atoms with Gasteiger partial charge in [-0.25, -0.2) is 4.79 Å². The van der Waals surface area contributed by atoms with Crippen molar-refractivity contribution < 1.29 is 9.90 Å². The summed E-state index contributed by atoms with van der Waals surface area (Å²) >= 11 is 0. The minimum Gasteiger partial charge on any atom is -0.479 e. The van der Waals surface area contributed by atoms with Crippen LogP contribution in [-0.4, -0.2) is 29.7 Å². The van der Waals surface area contributed by atoms with E-state index in [9.17, 15) is 9.90 Å². The molecule has 1 aliphatic rings. The Morgan fingerprint density at radius 1 is 1.00 bits per heavy atom. The average Bonchev–Trinajstić information content (AvgIpc) is 2.62. The topological polar surface area (TPSA) is 52.6 Å². The molecule has 2 N–H and O–H groups in total. The lowest BCUT2D eigenvalue weighted by Crippen LogP contribution is -2.59. The van der Waals surface area contributed by atoms with Crippen molar-refractivity contribution in [2.75, 3.05) is 18.0 Å². The zero-order valence-corrected chi connectivity index (χ0v) is 13.1. The number of carboxylic acids is 1. The van der Waals surface area contributed by atoms with E-state index in [0.717, 1.165) is 24.3 Å². The number of piperidine rings is 1. The molecule has 4 nitrogen and oxygen atoms in total. The first-order valence-corrected chi connectivity index (χ1v) is 8.03. The summed E-state index contributed by atoms with van der Waals surface area (Å²) in [6, 6.07) is 19.9. The van der Waals surface area contributed by atoms with Crippen LogP contribution in [0, 0.1) is 0 Å². The van der Waals surface area contributed by atoms with Crippen LogP contribution < -0.4 is 10.2 Å². The van der Waals surface area contributed by atoms with Gasteiger partial charge in [0.05, 0.1) is 0 Å². The average molecular weight is 310 g/mol. The Morgan fingerprint density at radius 2 is 1.57 bits per heavy atom. The third-order valence-corrected chi connectivity index (χ3v) is 4.60. The fraction of sp³-hybridized carbons (Fsp3) is 0.316. The first-order chi connectivity index (χ1) is 11.2. The van der Waals surface area contributed by atoms with Crippen LogP contribution in [0.25, 0.3) is 0 Å². The number of benzene rings is 2. The number of hydrogen-bond donors (Lipinski definition) is 2. The molecule has 2 aromatic rings. The molecule has 0 bridgehead atoms. The maximum Gasteiger partial charge on any atom is 0.329 e. The third kappa shape index (κ3) is 3.22. The van der Waals surface area contributed by atoms with Crippen LogP contribution in [0.5, 0.6) is 0 Å². The molecule has 0 aromatic heterocycles. The number of carboxylic acid groups (broad SMARTS) is 1. The van der Waals surface area contributed by atoms with Gasteiger partial charge in [-0.15, -0.1) is 0 Å². The number of hydrogen-bond acceptors (Lipinski definition) is 3. The zero-order valence-electron chi connectivity index (χ0n) is 13.1. The third-order valence-electron chi connectivity index (χ3n) is 4.60. The molecule has 120 valence electrons. The van der Waals surface area contributed by atoms with E-state index >= 15 is 0 Å². The molecular weight excluding hydrogens is 288 g/mol. The largest absolute Gasteiger partial charge is 0.479 e. The van der Waals surface area contributed by atoms with Crippen molar-refractivity contribution in [3.05, 3.63) is 66.2 Å². The SMILES string of the molecule is O=C(O)C1(N(Cc2ccccc2)c2ccccc2)CCNCC1. The highest BCUT2D eigenvalue weighted by atomic mass is 16.4. The Kier molecular flexibility index (Phi) is 4.63. The van der Waals surface area contributed by atoms with E-state index in [1.54, 1.807) is 0 Å². The molecule has 0 aliphatic carbocycles. The van der Waals surface area contributed by atoms with Crippen molar-refractivity contribution in [3.8, 4) is 0 Å². The first kappa shape index (κ1) is 15.6. The second-order valence-electron chi connectivity index (χ2n) is 5.99. The molecule has 0 atom stereocenters. The summed E-state index contributed by atoms with van der Waals surface area (Å²) in [6.07, 6.45) is 1.20. The molecule has 2 aromatic carbocycles. The van der Waals surface area contributed by atoms with Gasteiger partial charge in [-0.05, 0) is 43.6 Å². The summed E-state index contributed by atoms with van der Waals surface area (Å²) in [4.78, 5) is 14.3. The molecule has 0 amide bonds. The summed E-state index contributed by atoms with van der Waals surface area (Å²) < 4.78 is 0. The van der Waals surface area contributed by atoms with Gasteiger partial charge in [0.25, 0.3) is 0 Å². The zero-order chi connectivity index (χ0) is 16.1. The van der Waals surface area contributed by atoms with E-state index < -0.39 is 11.5 Å². The van der Waals surface area contributed by atoms with Crippen molar-refractivity contribution >= 4 is 11.7 Å². The number of para-hydroxylation sites is 1.